The molecule has 0 radical (unpaired) electrons. The zero-order valence-corrected chi connectivity index (χ0v) is 11.6. The lowest BCUT2D eigenvalue weighted by Gasteiger charge is -2.34. The van der Waals surface area contributed by atoms with Crippen LogP contribution in [0.3, 0.4) is 0 Å². The van der Waals surface area contributed by atoms with E-state index < -0.39 is 0 Å². The minimum atomic E-state index is 0.126. The van der Waals surface area contributed by atoms with Crippen molar-refractivity contribution in [1.82, 2.24) is 4.90 Å². The highest BCUT2D eigenvalue weighted by atomic mass is 32.1. The summed E-state index contributed by atoms with van der Waals surface area (Å²) in [6.07, 6.45) is 7.62. The van der Waals surface area contributed by atoms with E-state index in [4.69, 9.17) is 5.73 Å². The van der Waals surface area contributed by atoms with Gasteiger partial charge in [0.05, 0.1) is 0 Å². The van der Waals surface area contributed by atoms with Crippen LogP contribution in [-0.4, -0.2) is 24.0 Å². The molecule has 96 valence electrons. The maximum atomic E-state index is 6.46. The van der Waals surface area contributed by atoms with E-state index >= 15 is 0 Å². The smallest absolute Gasteiger partial charge is 0.0238 e. The third-order valence-corrected chi connectivity index (χ3v) is 4.61. The van der Waals surface area contributed by atoms with Gasteiger partial charge in [-0.15, -0.1) is 0 Å². The molecule has 1 heterocycles. The molecule has 0 amide bonds. The first-order valence-electron chi connectivity index (χ1n) is 6.66. The van der Waals surface area contributed by atoms with Crippen molar-refractivity contribution in [2.45, 2.75) is 50.6 Å². The largest absolute Gasteiger partial charge is 0.325 e. The average molecular weight is 252 g/mol. The molecule has 0 aliphatic heterocycles. The van der Waals surface area contributed by atoms with Crippen LogP contribution in [-0.2, 0) is 6.54 Å². The first-order chi connectivity index (χ1) is 8.18. The van der Waals surface area contributed by atoms with Gasteiger partial charge in [0.2, 0.25) is 0 Å². The van der Waals surface area contributed by atoms with Crippen molar-refractivity contribution in [1.29, 1.82) is 0 Å². The Kier molecular flexibility index (Phi) is 4.60. The maximum Gasteiger partial charge on any atom is 0.0238 e. The van der Waals surface area contributed by atoms with Crippen molar-refractivity contribution in [3.63, 3.8) is 0 Å². The Morgan fingerprint density at radius 1 is 1.35 bits per heavy atom. The SMILES string of the molecule is CN(CCC1(N)CCCCC1)Cc1ccsc1. The average Bonchev–Trinajstić information content (AvgIpc) is 2.80. The first kappa shape index (κ1) is 13.1. The molecule has 0 atom stereocenters. The zero-order chi connectivity index (χ0) is 12.1. The van der Waals surface area contributed by atoms with Gasteiger partial charge in [0.15, 0.2) is 0 Å². The molecule has 2 rings (SSSR count). The molecule has 0 saturated heterocycles. The van der Waals surface area contributed by atoms with E-state index in [-0.39, 0.29) is 5.54 Å². The second-order valence-corrected chi connectivity index (χ2v) is 6.32. The summed E-state index contributed by atoms with van der Waals surface area (Å²) in [6.45, 7) is 2.17. The Bertz CT molecular complexity index is 315. The number of hydrogen-bond donors (Lipinski definition) is 1. The van der Waals surface area contributed by atoms with Crippen LogP contribution in [0.2, 0.25) is 0 Å². The molecular weight excluding hydrogens is 228 g/mol. The highest BCUT2D eigenvalue weighted by Gasteiger charge is 2.27. The van der Waals surface area contributed by atoms with E-state index in [0.29, 0.717) is 0 Å². The Morgan fingerprint density at radius 3 is 2.76 bits per heavy atom. The van der Waals surface area contributed by atoms with E-state index in [1.807, 2.05) is 0 Å². The summed E-state index contributed by atoms with van der Waals surface area (Å²) in [7, 11) is 2.20. The Balaban J connectivity index is 1.73. The molecule has 17 heavy (non-hydrogen) atoms. The fourth-order valence-electron chi connectivity index (χ4n) is 2.69. The molecule has 2 nitrogen and oxygen atoms in total. The molecule has 1 aromatic rings. The number of nitrogens with two attached hydrogens (primary N) is 1. The van der Waals surface area contributed by atoms with E-state index in [1.54, 1.807) is 11.3 Å². The lowest BCUT2D eigenvalue weighted by atomic mass is 9.80. The predicted octanol–water partition coefficient (Wildman–Crippen LogP) is 3.23. The predicted molar refractivity (Wildman–Crippen MR) is 75.3 cm³/mol. The molecule has 1 aliphatic rings. The molecule has 0 unspecified atom stereocenters. The molecule has 0 spiro atoms. The summed E-state index contributed by atoms with van der Waals surface area (Å²) in [6, 6.07) is 2.21. The Morgan fingerprint density at radius 2 is 2.12 bits per heavy atom. The number of rotatable bonds is 5. The molecule has 1 saturated carbocycles. The fourth-order valence-corrected chi connectivity index (χ4v) is 3.35. The van der Waals surface area contributed by atoms with Crippen LogP contribution in [0.15, 0.2) is 16.8 Å². The minimum absolute atomic E-state index is 0.126. The Labute approximate surface area is 109 Å². The summed E-state index contributed by atoms with van der Waals surface area (Å²) in [5.41, 5.74) is 8.01. The molecule has 0 bridgehead atoms. The van der Waals surface area contributed by atoms with Crippen LogP contribution in [0.5, 0.6) is 0 Å². The van der Waals surface area contributed by atoms with Crippen LogP contribution in [0.1, 0.15) is 44.1 Å². The standard InChI is InChI=1S/C14H24N2S/c1-16(11-13-5-10-17-12-13)9-8-14(15)6-3-2-4-7-14/h5,10,12H,2-4,6-9,11,15H2,1H3. The summed E-state index contributed by atoms with van der Waals surface area (Å²) in [5.74, 6) is 0. The van der Waals surface area contributed by atoms with E-state index in [1.165, 1.54) is 37.7 Å². The zero-order valence-electron chi connectivity index (χ0n) is 10.8. The third-order valence-electron chi connectivity index (χ3n) is 3.87. The number of thiophene rings is 1. The van der Waals surface area contributed by atoms with E-state index in [2.05, 4.69) is 28.8 Å². The van der Waals surface area contributed by atoms with Gasteiger partial charge in [0.1, 0.15) is 0 Å². The van der Waals surface area contributed by atoms with Gasteiger partial charge < -0.3 is 10.6 Å². The van der Waals surface area contributed by atoms with E-state index in [9.17, 15) is 0 Å². The second-order valence-electron chi connectivity index (χ2n) is 5.54. The molecule has 1 fully saturated rings. The first-order valence-corrected chi connectivity index (χ1v) is 7.61. The molecule has 2 N–H and O–H groups in total. The summed E-state index contributed by atoms with van der Waals surface area (Å²) >= 11 is 1.78. The van der Waals surface area contributed by atoms with Crippen molar-refractivity contribution < 1.29 is 0 Å². The number of nitrogens with zero attached hydrogens (tertiary/aromatic N) is 1. The summed E-state index contributed by atoms with van der Waals surface area (Å²) in [5, 5.41) is 4.38. The van der Waals surface area contributed by atoms with Gasteiger partial charge in [-0.3, -0.25) is 0 Å². The topological polar surface area (TPSA) is 29.3 Å². The molecular formula is C14H24N2S. The van der Waals surface area contributed by atoms with E-state index in [0.717, 1.165) is 19.5 Å². The van der Waals surface area contributed by atoms with Crippen molar-refractivity contribution >= 4 is 11.3 Å². The number of hydrogen-bond acceptors (Lipinski definition) is 3. The van der Waals surface area contributed by atoms with Crippen molar-refractivity contribution in [2.75, 3.05) is 13.6 Å². The van der Waals surface area contributed by atoms with Crippen molar-refractivity contribution in [3.05, 3.63) is 22.4 Å². The molecule has 3 heteroatoms. The van der Waals surface area contributed by atoms with Crippen molar-refractivity contribution in [3.8, 4) is 0 Å². The maximum absolute atomic E-state index is 6.46. The van der Waals surface area contributed by atoms with Gasteiger partial charge in [-0.25, -0.2) is 0 Å². The minimum Gasteiger partial charge on any atom is -0.325 e. The van der Waals surface area contributed by atoms with Gasteiger partial charge in [0.25, 0.3) is 0 Å². The normalized spacial score (nSPS) is 19.7. The second kappa shape index (κ2) is 5.98. The third kappa shape index (κ3) is 4.09. The molecule has 0 aromatic carbocycles. The molecule has 1 aliphatic carbocycles. The van der Waals surface area contributed by atoms with Crippen LogP contribution in [0, 0.1) is 0 Å². The van der Waals surface area contributed by atoms with Gasteiger partial charge >= 0.3 is 0 Å². The van der Waals surface area contributed by atoms with Crippen LogP contribution in [0.25, 0.3) is 0 Å². The molecule has 1 aromatic heterocycles. The lowest BCUT2D eigenvalue weighted by Crippen LogP contribution is -2.44. The highest BCUT2D eigenvalue weighted by Crippen LogP contribution is 2.28. The monoisotopic (exact) mass is 252 g/mol. The lowest BCUT2D eigenvalue weighted by molar-refractivity contribution is 0.226. The van der Waals surface area contributed by atoms with Gasteiger partial charge in [-0.2, -0.15) is 11.3 Å². The van der Waals surface area contributed by atoms with Crippen LogP contribution < -0.4 is 5.73 Å². The van der Waals surface area contributed by atoms with Crippen LogP contribution in [0.4, 0.5) is 0 Å². The van der Waals surface area contributed by atoms with Gasteiger partial charge in [-0.1, -0.05) is 19.3 Å². The van der Waals surface area contributed by atoms with Crippen molar-refractivity contribution in [2.24, 2.45) is 5.73 Å². The van der Waals surface area contributed by atoms with Gasteiger partial charge in [-0.05, 0) is 55.2 Å². The van der Waals surface area contributed by atoms with Gasteiger partial charge in [0, 0.05) is 12.1 Å². The quantitative estimate of drug-likeness (QED) is 0.872. The Hall–Kier alpha value is -0.380. The highest BCUT2D eigenvalue weighted by molar-refractivity contribution is 7.07. The summed E-state index contributed by atoms with van der Waals surface area (Å²) < 4.78 is 0. The summed E-state index contributed by atoms with van der Waals surface area (Å²) in [4.78, 5) is 2.39. The fraction of sp³-hybridized carbons (Fsp3) is 0.714. The van der Waals surface area contributed by atoms with Crippen LogP contribution >= 0.6 is 11.3 Å².